The Bertz CT molecular complexity index is 1240. The van der Waals surface area contributed by atoms with Crippen molar-refractivity contribution >= 4 is 34.5 Å². The second kappa shape index (κ2) is 8.51. The number of nitrogens with zero attached hydrogens (tertiary/aromatic N) is 2. The minimum atomic E-state index is -0.581. The van der Waals surface area contributed by atoms with Crippen LogP contribution < -0.4 is 11.2 Å². The van der Waals surface area contributed by atoms with Gasteiger partial charge in [0.2, 0.25) is 5.88 Å². The molecule has 1 fully saturated rings. The van der Waals surface area contributed by atoms with E-state index in [1.54, 1.807) is 23.1 Å². The van der Waals surface area contributed by atoms with Crippen LogP contribution in [0.25, 0.3) is 0 Å². The minimum Gasteiger partial charge on any atom is -0.494 e. The van der Waals surface area contributed by atoms with Crippen LogP contribution >= 0.6 is 23.1 Å². The van der Waals surface area contributed by atoms with E-state index in [0.717, 1.165) is 42.7 Å². The third-order valence-electron chi connectivity index (χ3n) is 5.98. The molecular formula is C23H23N3O3S2. The summed E-state index contributed by atoms with van der Waals surface area (Å²) in [6, 6.07) is 11.8. The number of hydrogen-bond donors (Lipinski definition) is 2. The van der Waals surface area contributed by atoms with Gasteiger partial charge in [0, 0.05) is 27.5 Å². The number of aromatic hydroxyl groups is 1. The number of thiophene rings is 1. The normalized spacial score (nSPS) is 19.5. The van der Waals surface area contributed by atoms with Crippen molar-refractivity contribution in [3.63, 3.8) is 0 Å². The number of H-pyrrole nitrogens is 1. The molecule has 160 valence electrons. The van der Waals surface area contributed by atoms with E-state index in [1.165, 1.54) is 9.44 Å². The van der Waals surface area contributed by atoms with Crippen molar-refractivity contribution < 1.29 is 5.11 Å². The van der Waals surface area contributed by atoms with Crippen molar-refractivity contribution in [1.82, 2.24) is 9.55 Å². The van der Waals surface area contributed by atoms with E-state index >= 15 is 0 Å². The van der Waals surface area contributed by atoms with Gasteiger partial charge in [-0.15, -0.1) is 23.1 Å². The Hall–Kier alpha value is -2.58. The molecule has 1 aliphatic heterocycles. The summed E-state index contributed by atoms with van der Waals surface area (Å²) in [5.74, 6) is -0.256. The Morgan fingerprint density at radius 3 is 2.65 bits per heavy atom. The molecule has 5 rings (SSSR count). The summed E-state index contributed by atoms with van der Waals surface area (Å²) >= 11 is 3.38. The van der Waals surface area contributed by atoms with E-state index in [-0.39, 0.29) is 22.7 Å². The quantitative estimate of drug-likeness (QED) is 0.573. The molecule has 0 spiro atoms. The average Bonchev–Trinajstić information content (AvgIpc) is 3.23. The third kappa shape index (κ3) is 3.90. The molecule has 1 aromatic carbocycles. The molecule has 6 nitrogen and oxygen atoms in total. The van der Waals surface area contributed by atoms with Crippen molar-refractivity contribution in [1.29, 1.82) is 0 Å². The van der Waals surface area contributed by atoms with Crippen LogP contribution in [0.5, 0.6) is 5.88 Å². The zero-order chi connectivity index (χ0) is 21.4. The van der Waals surface area contributed by atoms with Crippen LogP contribution in [0.3, 0.4) is 0 Å². The molecule has 1 atom stereocenters. The van der Waals surface area contributed by atoms with E-state index in [1.807, 2.05) is 35.7 Å². The predicted octanol–water partition coefficient (Wildman–Crippen LogP) is 5.17. The predicted molar refractivity (Wildman–Crippen MR) is 125 cm³/mol. The molecule has 2 aromatic heterocycles. The van der Waals surface area contributed by atoms with Gasteiger partial charge in [-0.3, -0.25) is 19.3 Å². The maximum absolute atomic E-state index is 12.9. The molecule has 0 amide bonds. The highest BCUT2D eigenvalue weighted by molar-refractivity contribution is 7.99. The van der Waals surface area contributed by atoms with Gasteiger partial charge >= 0.3 is 5.69 Å². The SMILES string of the molecule is O=c1[nH]c(=O)n(C2CCCCC2)c(O)c1C1=Nc2ccccc2S[C@H](c2cccs2)C1. The highest BCUT2D eigenvalue weighted by Gasteiger charge is 2.29. The number of aromatic nitrogens is 2. The van der Waals surface area contributed by atoms with E-state index in [2.05, 4.69) is 11.1 Å². The van der Waals surface area contributed by atoms with Gasteiger partial charge in [-0.25, -0.2) is 4.79 Å². The first-order valence-corrected chi connectivity index (χ1v) is 12.3. The molecule has 0 unspecified atom stereocenters. The number of thioether (sulfide) groups is 1. The summed E-state index contributed by atoms with van der Waals surface area (Å²) in [6.07, 6.45) is 5.28. The summed E-state index contributed by atoms with van der Waals surface area (Å²) in [6.45, 7) is 0. The maximum Gasteiger partial charge on any atom is 0.331 e. The number of rotatable bonds is 3. The van der Waals surface area contributed by atoms with E-state index in [0.29, 0.717) is 12.1 Å². The lowest BCUT2D eigenvalue weighted by Crippen LogP contribution is -2.36. The molecule has 1 saturated carbocycles. The van der Waals surface area contributed by atoms with Crippen molar-refractivity contribution in [2.24, 2.45) is 4.99 Å². The molecule has 0 bridgehead atoms. The lowest BCUT2D eigenvalue weighted by molar-refractivity contribution is 0.298. The summed E-state index contributed by atoms with van der Waals surface area (Å²) in [5.41, 5.74) is 0.276. The van der Waals surface area contributed by atoms with E-state index in [9.17, 15) is 14.7 Å². The fourth-order valence-electron chi connectivity index (χ4n) is 4.48. The Labute approximate surface area is 187 Å². The molecule has 3 heterocycles. The first-order chi connectivity index (χ1) is 15.1. The standard InChI is InChI=1S/C23H23N3O3S2/c27-21-20(22(28)26(23(29)25-21)14-7-2-1-3-8-14)16-13-19(18-11-6-12-30-18)31-17-10-5-4-9-15(17)24-16/h4-6,9-12,14,19,28H,1-3,7-8,13H2,(H,25,27,29)/t19-/m0/s1. The Balaban J connectivity index is 1.67. The fourth-order valence-corrected chi connectivity index (χ4v) is 6.63. The molecule has 31 heavy (non-hydrogen) atoms. The number of para-hydroxylation sites is 1. The minimum absolute atomic E-state index is 0.0660. The van der Waals surface area contributed by atoms with Crippen molar-refractivity contribution in [2.75, 3.05) is 0 Å². The average molecular weight is 454 g/mol. The Morgan fingerprint density at radius 2 is 1.87 bits per heavy atom. The van der Waals surface area contributed by atoms with Crippen LogP contribution in [0.1, 0.15) is 60.3 Å². The van der Waals surface area contributed by atoms with Gasteiger partial charge < -0.3 is 5.11 Å². The maximum atomic E-state index is 12.9. The molecule has 8 heteroatoms. The van der Waals surface area contributed by atoms with Crippen molar-refractivity contribution in [3.8, 4) is 5.88 Å². The highest BCUT2D eigenvalue weighted by Crippen LogP contribution is 2.46. The summed E-state index contributed by atoms with van der Waals surface area (Å²) < 4.78 is 1.38. The van der Waals surface area contributed by atoms with Crippen LogP contribution in [0.2, 0.25) is 0 Å². The van der Waals surface area contributed by atoms with Crippen LogP contribution in [-0.4, -0.2) is 20.4 Å². The van der Waals surface area contributed by atoms with Crippen LogP contribution in [0.4, 0.5) is 5.69 Å². The molecular weight excluding hydrogens is 430 g/mol. The van der Waals surface area contributed by atoms with Crippen LogP contribution in [-0.2, 0) is 0 Å². The monoisotopic (exact) mass is 453 g/mol. The number of aliphatic imine (C=N–C) groups is 1. The van der Waals surface area contributed by atoms with Crippen LogP contribution in [0, 0.1) is 0 Å². The zero-order valence-electron chi connectivity index (χ0n) is 16.9. The first-order valence-electron chi connectivity index (χ1n) is 10.6. The molecule has 2 aliphatic rings. The zero-order valence-corrected chi connectivity index (χ0v) is 18.5. The fraction of sp³-hybridized carbons (Fsp3) is 0.348. The smallest absolute Gasteiger partial charge is 0.331 e. The van der Waals surface area contributed by atoms with E-state index < -0.39 is 11.2 Å². The van der Waals surface area contributed by atoms with Gasteiger partial charge in [-0.2, -0.15) is 0 Å². The Kier molecular flexibility index (Phi) is 5.58. The lowest BCUT2D eigenvalue weighted by atomic mass is 9.95. The van der Waals surface area contributed by atoms with Crippen molar-refractivity contribution in [3.05, 3.63) is 73.1 Å². The summed E-state index contributed by atoms with van der Waals surface area (Å²) in [4.78, 5) is 35.0. The number of fused-ring (bicyclic) bond motifs is 1. The molecule has 0 radical (unpaired) electrons. The largest absolute Gasteiger partial charge is 0.494 e. The number of aromatic amines is 1. The van der Waals surface area contributed by atoms with Crippen LogP contribution in [0.15, 0.2) is 61.3 Å². The van der Waals surface area contributed by atoms with Gasteiger partial charge in [-0.1, -0.05) is 37.5 Å². The van der Waals surface area contributed by atoms with E-state index in [4.69, 9.17) is 4.99 Å². The van der Waals surface area contributed by atoms with Gasteiger partial charge in [-0.05, 0) is 36.4 Å². The second-order valence-corrected chi connectivity index (χ2v) is 10.2. The Morgan fingerprint density at radius 1 is 1.06 bits per heavy atom. The summed E-state index contributed by atoms with van der Waals surface area (Å²) in [5, 5.41) is 13.3. The lowest BCUT2D eigenvalue weighted by Gasteiger charge is -2.25. The molecule has 2 N–H and O–H groups in total. The molecule has 0 saturated heterocycles. The summed E-state index contributed by atoms with van der Waals surface area (Å²) in [7, 11) is 0. The van der Waals surface area contributed by atoms with Gasteiger partial charge in [0.1, 0.15) is 5.56 Å². The highest BCUT2D eigenvalue weighted by atomic mass is 32.2. The van der Waals surface area contributed by atoms with Gasteiger partial charge in [0.25, 0.3) is 5.56 Å². The topological polar surface area (TPSA) is 87.5 Å². The number of hydrogen-bond acceptors (Lipinski definition) is 6. The second-order valence-electron chi connectivity index (χ2n) is 7.97. The van der Waals surface area contributed by atoms with Crippen molar-refractivity contribution in [2.45, 2.75) is 54.7 Å². The first kappa shape index (κ1) is 20.3. The van der Waals surface area contributed by atoms with Gasteiger partial charge in [0.05, 0.1) is 11.4 Å². The molecule has 3 aromatic rings. The third-order valence-corrected chi connectivity index (χ3v) is 8.42. The number of benzene rings is 1. The number of nitrogens with one attached hydrogen (secondary N) is 1. The van der Waals surface area contributed by atoms with Gasteiger partial charge in [0.15, 0.2) is 0 Å². The molecule has 1 aliphatic carbocycles.